The molecule has 0 fully saturated rings. The first-order valence-electron chi connectivity index (χ1n) is 7.52. The average Bonchev–Trinajstić information content (AvgIpc) is 2.55. The van der Waals surface area contributed by atoms with Gasteiger partial charge >= 0.3 is 0 Å². The van der Waals surface area contributed by atoms with E-state index in [-0.39, 0.29) is 5.69 Å². The van der Waals surface area contributed by atoms with Crippen LogP contribution in [-0.2, 0) is 0 Å². The van der Waals surface area contributed by atoms with Crippen molar-refractivity contribution in [1.82, 2.24) is 9.97 Å². The molecule has 92 valence electrons. The Kier molecular flexibility index (Phi) is 2.27. The Balaban J connectivity index is 1.87. The van der Waals surface area contributed by atoms with Gasteiger partial charge in [-0.1, -0.05) is 42.5 Å². The summed E-state index contributed by atoms with van der Waals surface area (Å²) >= 11 is 0. The lowest BCUT2D eigenvalue weighted by atomic mass is 10.1. The van der Waals surface area contributed by atoms with Crippen LogP contribution in [-0.4, -0.2) is 9.97 Å². The standard InChI is InChI=1S/C17H14N2/c1-13-7-8-15(11-18-13)16-9-10-17(19-12-16)14-5-3-2-4-6-14/h2-12H,1H3/i1D3. The van der Waals surface area contributed by atoms with E-state index in [1.165, 1.54) is 6.07 Å². The van der Waals surface area contributed by atoms with Crippen molar-refractivity contribution in [3.05, 3.63) is 72.7 Å². The molecule has 0 amide bonds. The van der Waals surface area contributed by atoms with Gasteiger partial charge in [0, 0.05) is 38.9 Å². The molecule has 2 heteroatoms. The maximum atomic E-state index is 7.33. The lowest BCUT2D eigenvalue weighted by Gasteiger charge is -2.04. The Hall–Kier alpha value is -2.48. The zero-order valence-electron chi connectivity index (χ0n) is 13.2. The average molecular weight is 249 g/mol. The highest BCUT2D eigenvalue weighted by Gasteiger charge is 2.01. The molecule has 0 aliphatic rings. The third kappa shape index (κ3) is 2.52. The molecule has 0 saturated heterocycles. The van der Waals surface area contributed by atoms with Crippen molar-refractivity contribution in [2.45, 2.75) is 6.85 Å². The molecular weight excluding hydrogens is 232 g/mol. The van der Waals surface area contributed by atoms with E-state index in [1.54, 1.807) is 18.5 Å². The SMILES string of the molecule is [2H]C([2H])([2H])c1ccc(-c2ccc(-c3ccccc3)nc2)cn1. The van der Waals surface area contributed by atoms with Crippen molar-refractivity contribution in [3.8, 4) is 22.4 Å². The number of rotatable bonds is 2. The lowest BCUT2D eigenvalue weighted by Crippen LogP contribution is -1.86. The van der Waals surface area contributed by atoms with Crippen LogP contribution >= 0.6 is 0 Å². The summed E-state index contributed by atoms with van der Waals surface area (Å²) < 4.78 is 22.0. The zero-order valence-corrected chi connectivity index (χ0v) is 10.2. The number of benzene rings is 1. The summed E-state index contributed by atoms with van der Waals surface area (Å²) in [4.78, 5) is 8.47. The summed E-state index contributed by atoms with van der Waals surface area (Å²) in [5.41, 5.74) is 3.82. The van der Waals surface area contributed by atoms with Crippen molar-refractivity contribution >= 4 is 0 Å². The number of pyridine rings is 2. The van der Waals surface area contributed by atoms with Crippen molar-refractivity contribution in [2.75, 3.05) is 0 Å². The number of hydrogen-bond acceptors (Lipinski definition) is 2. The number of aryl methyl sites for hydroxylation is 1. The van der Waals surface area contributed by atoms with Crippen molar-refractivity contribution < 1.29 is 4.11 Å². The molecular formula is C17H14N2. The molecule has 2 heterocycles. The summed E-state index contributed by atoms with van der Waals surface area (Å²) in [5.74, 6) is 0. The fourth-order valence-corrected chi connectivity index (χ4v) is 1.91. The molecule has 0 radical (unpaired) electrons. The Morgan fingerprint density at radius 2 is 1.47 bits per heavy atom. The second kappa shape index (κ2) is 5.02. The first-order chi connectivity index (χ1) is 10.5. The molecule has 0 saturated carbocycles. The van der Waals surface area contributed by atoms with E-state index in [4.69, 9.17) is 4.11 Å². The molecule has 1 aromatic carbocycles. The van der Waals surface area contributed by atoms with Gasteiger partial charge in [-0.15, -0.1) is 0 Å². The molecule has 0 unspecified atom stereocenters. The lowest BCUT2D eigenvalue weighted by molar-refractivity contribution is 1.20. The third-order valence-electron chi connectivity index (χ3n) is 2.93. The molecule has 0 atom stereocenters. The van der Waals surface area contributed by atoms with E-state index in [0.717, 1.165) is 22.4 Å². The fourth-order valence-electron chi connectivity index (χ4n) is 1.91. The van der Waals surface area contributed by atoms with E-state index < -0.39 is 6.85 Å². The highest BCUT2D eigenvalue weighted by atomic mass is 14.7. The topological polar surface area (TPSA) is 25.8 Å². The Morgan fingerprint density at radius 3 is 2.05 bits per heavy atom. The van der Waals surface area contributed by atoms with Gasteiger partial charge in [0.1, 0.15) is 0 Å². The van der Waals surface area contributed by atoms with Crippen molar-refractivity contribution in [3.63, 3.8) is 0 Å². The zero-order chi connectivity index (χ0) is 15.6. The van der Waals surface area contributed by atoms with Crippen LogP contribution in [0.5, 0.6) is 0 Å². The van der Waals surface area contributed by atoms with Crippen LogP contribution < -0.4 is 0 Å². The first kappa shape index (κ1) is 8.59. The second-order valence-electron chi connectivity index (χ2n) is 4.23. The first-order valence-corrected chi connectivity index (χ1v) is 6.02. The van der Waals surface area contributed by atoms with Gasteiger partial charge in [-0.3, -0.25) is 9.97 Å². The fraction of sp³-hybridized carbons (Fsp3) is 0.0588. The summed E-state index contributed by atoms with van der Waals surface area (Å²) in [6.45, 7) is -2.17. The van der Waals surface area contributed by atoms with E-state index in [9.17, 15) is 0 Å². The molecule has 3 rings (SSSR count). The largest absolute Gasteiger partial charge is 0.261 e. The number of aromatic nitrogens is 2. The van der Waals surface area contributed by atoms with Gasteiger partial charge in [-0.2, -0.15) is 0 Å². The molecule has 2 nitrogen and oxygen atoms in total. The molecule has 0 bridgehead atoms. The predicted octanol–water partition coefficient (Wildman–Crippen LogP) is 4.12. The number of nitrogens with zero attached hydrogens (tertiary/aromatic N) is 2. The van der Waals surface area contributed by atoms with E-state index in [2.05, 4.69) is 9.97 Å². The number of hydrogen-bond donors (Lipinski definition) is 0. The molecule has 0 aliphatic heterocycles. The van der Waals surface area contributed by atoms with E-state index >= 15 is 0 Å². The summed E-state index contributed by atoms with van der Waals surface area (Å²) in [6.07, 6.45) is 3.34. The van der Waals surface area contributed by atoms with Gasteiger partial charge in [0.15, 0.2) is 0 Å². The second-order valence-corrected chi connectivity index (χ2v) is 4.23. The van der Waals surface area contributed by atoms with Gasteiger partial charge in [-0.05, 0) is 19.0 Å². The van der Waals surface area contributed by atoms with Gasteiger partial charge in [0.25, 0.3) is 0 Å². The Bertz CT molecular complexity index is 749. The predicted molar refractivity (Wildman–Crippen MR) is 77.6 cm³/mol. The monoisotopic (exact) mass is 249 g/mol. The summed E-state index contributed by atoms with van der Waals surface area (Å²) in [6, 6.07) is 17.1. The minimum Gasteiger partial charge on any atom is -0.261 e. The van der Waals surface area contributed by atoms with Crippen LogP contribution in [0.25, 0.3) is 22.4 Å². The Morgan fingerprint density at radius 1 is 0.737 bits per heavy atom. The molecule has 0 spiro atoms. The van der Waals surface area contributed by atoms with Crippen LogP contribution in [0.15, 0.2) is 67.0 Å². The van der Waals surface area contributed by atoms with Gasteiger partial charge in [-0.25, -0.2) is 0 Å². The highest BCUT2D eigenvalue weighted by molar-refractivity contribution is 5.66. The van der Waals surface area contributed by atoms with Crippen LogP contribution in [0.3, 0.4) is 0 Å². The third-order valence-corrected chi connectivity index (χ3v) is 2.93. The maximum Gasteiger partial charge on any atom is 0.0702 e. The van der Waals surface area contributed by atoms with Crippen molar-refractivity contribution in [2.24, 2.45) is 0 Å². The summed E-state index contributed by atoms with van der Waals surface area (Å²) in [7, 11) is 0. The molecule has 3 aromatic rings. The maximum absolute atomic E-state index is 7.33. The van der Waals surface area contributed by atoms with Gasteiger partial charge in [0.2, 0.25) is 0 Å². The van der Waals surface area contributed by atoms with E-state index in [0.29, 0.717) is 0 Å². The highest BCUT2D eigenvalue weighted by Crippen LogP contribution is 2.21. The molecule has 2 aromatic heterocycles. The summed E-state index contributed by atoms with van der Waals surface area (Å²) in [5, 5.41) is 0. The van der Waals surface area contributed by atoms with Crippen LogP contribution in [0, 0.1) is 6.85 Å². The van der Waals surface area contributed by atoms with Gasteiger partial charge in [0.05, 0.1) is 5.69 Å². The molecule has 0 aliphatic carbocycles. The van der Waals surface area contributed by atoms with Gasteiger partial charge < -0.3 is 0 Å². The molecule has 19 heavy (non-hydrogen) atoms. The van der Waals surface area contributed by atoms with E-state index in [1.807, 2.05) is 42.5 Å². The quantitative estimate of drug-likeness (QED) is 0.682. The Labute approximate surface area is 117 Å². The van der Waals surface area contributed by atoms with Crippen LogP contribution in [0.2, 0.25) is 0 Å². The van der Waals surface area contributed by atoms with Crippen LogP contribution in [0.4, 0.5) is 0 Å². The molecule has 0 N–H and O–H groups in total. The smallest absolute Gasteiger partial charge is 0.0702 e. The van der Waals surface area contributed by atoms with Crippen molar-refractivity contribution in [1.29, 1.82) is 0 Å². The minimum atomic E-state index is -2.17. The normalized spacial score (nSPS) is 13.4. The van der Waals surface area contributed by atoms with Crippen LogP contribution in [0.1, 0.15) is 9.81 Å². The minimum absolute atomic E-state index is 0.102.